The molecule has 0 radical (unpaired) electrons. The van der Waals surface area contributed by atoms with Gasteiger partial charge in [-0.05, 0) is 40.5 Å². The van der Waals surface area contributed by atoms with Crippen LogP contribution in [0.3, 0.4) is 0 Å². The smallest absolute Gasteiger partial charge is 0.266 e. The predicted octanol–water partition coefficient (Wildman–Crippen LogP) is 5.17. The first-order valence-corrected chi connectivity index (χ1v) is 9.87. The van der Waals surface area contributed by atoms with E-state index in [2.05, 4.69) is 15.5 Å². The lowest BCUT2D eigenvalue weighted by Crippen LogP contribution is -2.30. The first kappa shape index (κ1) is 20.4. The van der Waals surface area contributed by atoms with E-state index in [1.54, 1.807) is 31.5 Å². The Morgan fingerprint density at radius 3 is 2.47 bits per heavy atom. The number of alkyl halides is 2. The second kappa shape index (κ2) is 7.11. The highest BCUT2D eigenvalue weighted by molar-refractivity contribution is 5.94. The van der Waals surface area contributed by atoms with Crippen molar-refractivity contribution in [3.63, 3.8) is 0 Å². The summed E-state index contributed by atoms with van der Waals surface area (Å²) in [5.74, 6) is -0.554. The van der Waals surface area contributed by atoms with Crippen molar-refractivity contribution in [1.82, 2.24) is 14.8 Å². The predicted molar refractivity (Wildman–Crippen MR) is 110 cm³/mol. The Labute approximate surface area is 171 Å². The van der Waals surface area contributed by atoms with Crippen molar-refractivity contribution in [3.05, 3.63) is 63.0 Å². The average Bonchev–Trinajstić information content (AvgIpc) is 3.44. The van der Waals surface area contributed by atoms with Gasteiger partial charge in [-0.25, -0.2) is 13.2 Å². The fourth-order valence-electron chi connectivity index (χ4n) is 3.90. The van der Waals surface area contributed by atoms with Gasteiger partial charge in [0.1, 0.15) is 5.82 Å². The van der Waals surface area contributed by atoms with E-state index in [9.17, 15) is 18.0 Å². The Morgan fingerprint density at radius 2 is 1.83 bits per heavy atom. The van der Waals surface area contributed by atoms with Gasteiger partial charge in [0.2, 0.25) is 0 Å². The number of hydrogen-bond donors (Lipinski definition) is 1. The highest BCUT2D eigenvalue weighted by atomic mass is 19.3. The van der Waals surface area contributed by atoms with Gasteiger partial charge >= 0.3 is 0 Å². The summed E-state index contributed by atoms with van der Waals surface area (Å²) in [7, 11) is 0. The van der Waals surface area contributed by atoms with Crippen molar-refractivity contribution < 1.29 is 13.2 Å². The molecule has 1 saturated carbocycles. The highest BCUT2D eigenvalue weighted by Crippen LogP contribution is 2.42. The number of nitrogens with one attached hydrogen (secondary N) is 1. The summed E-state index contributed by atoms with van der Waals surface area (Å²) in [6.45, 7) is 7.25. The number of benzene rings is 1. The first-order chi connectivity index (χ1) is 14.1. The van der Waals surface area contributed by atoms with Crippen LogP contribution in [0.5, 0.6) is 0 Å². The van der Waals surface area contributed by atoms with E-state index in [4.69, 9.17) is 0 Å². The van der Waals surface area contributed by atoms with Crippen LogP contribution in [0.1, 0.15) is 61.5 Å². The largest absolute Gasteiger partial charge is 0.361 e. The van der Waals surface area contributed by atoms with Gasteiger partial charge in [-0.1, -0.05) is 18.2 Å². The normalized spacial score (nSPS) is 16.1. The average molecular weight is 416 g/mol. The molecule has 5 nitrogen and oxygen atoms in total. The topological polar surface area (TPSA) is 59.8 Å². The zero-order valence-electron chi connectivity index (χ0n) is 17.3. The Balaban J connectivity index is 1.82. The molecule has 1 N–H and O–H groups in total. The lowest BCUT2D eigenvalue weighted by molar-refractivity contribution is 0.146. The molecular weight excluding hydrogens is 393 g/mol. The molecule has 1 fully saturated rings. The molecule has 1 aliphatic carbocycles. The Morgan fingerprint density at radius 1 is 1.17 bits per heavy atom. The lowest BCUT2D eigenvalue weighted by Gasteiger charge is -2.21. The van der Waals surface area contributed by atoms with Gasteiger partial charge in [0.05, 0.1) is 17.3 Å². The van der Waals surface area contributed by atoms with Crippen LogP contribution in [0.2, 0.25) is 0 Å². The summed E-state index contributed by atoms with van der Waals surface area (Å²) in [5.41, 5.74) is 0.405. The first-order valence-electron chi connectivity index (χ1n) is 9.87. The van der Waals surface area contributed by atoms with Gasteiger partial charge in [0.15, 0.2) is 5.82 Å². The number of nitrogens with zero attached hydrogens (tertiary/aromatic N) is 3. The second-order valence-electron chi connectivity index (χ2n) is 8.27. The van der Waals surface area contributed by atoms with E-state index in [0.29, 0.717) is 27.8 Å². The Kier molecular flexibility index (Phi) is 4.83. The Bertz CT molecular complexity index is 1200. The molecule has 0 spiro atoms. The minimum atomic E-state index is -2.89. The summed E-state index contributed by atoms with van der Waals surface area (Å²) in [6, 6.07) is 3.32. The quantitative estimate of drug-likeness (QED) is 0.624. The number of aromatic nitrogens is 3. The molecule has 0 bridgehead atoms. The van der Waals surface area contributed by atoms with Crippen molar-refractivity contribution in [1.29, 1.82) is 0 Å². The highest BCUT2D eigenvalue weighted by Gasteiger charge is 2.40. The van der Waals surface area contributed by atoms with Gasteiger partial charge in [0, 0.05) is 33.6 Å². The molecule has 0 saturated heterocycles. The van der Waals surface area contributed by atoms with Crippen molar-refractivity contribution in [2.24, 2.45) is 0 Å². The van der Waals surface area contributed by atoms with Crippen LogP contribution in [-0.2, 0) is 5.54 Å². The maximum absolute atomic E-state index is 14.6. The van der Waals surface area contributed by atoms with Gasteiger partial charge in [-0.2, -0.15) is 5.10 Å². The molecule has 0 aliphatic heterocycles. The van der Waals surface area contributed by atoms with Crippen LogP contribution in [0.4, 0.5) is 19.0 Å². The third-order valence-corrected chi connectivity index (χ3v) is 6.03. The van der Waals surface area contributed by atoms with E-state index in [0.717, 1.165) is 18.9 Å². The number of hydrogen-bond acceptors (Lipinski definition) is 4. The zero-order valence-corrected chi connectivity index (χ0v) is 17.3. The number of rotatable bonds is 5. The number of pyridine rings is 1. The molecule has 0 amide bonds. The van der Waals surface area contributed by atoms with Crippen molar-refractivity contribution in [2.75, 3.05) is 5.32 Å². The van der Waals surface area contributed by atoms with Crippen molar-refractivity contribution in [3.8, 4) is 0 Å². The fraction of sp³-hybridized carbons (Fsp3) is 0.409. The lowest BCUT2D eigenvalue weighted by atomic mass is 10.0. The number of fused-ring (bicyclic) bond motifs is 1. The van der Waals surface area contributed by atoms with Gasteiger partial charge in [-0.15, -0.1) is 5.10 Å². The molecule has 0 unspecified atom stereocenters. The van der Waals surface area contributed by atoms with Crippen LogP contribution >= 0.6 is 0 Å². The van der Waals surface area contributed by atoms with Crippen LogP contribution in [0.25, 0.3) is 10.8 Å². The van der Waals surface area contributed by atoms with Gasteiger partial charge < -0.3 is 9.88 Å². The molecule has 1 atom stereocenters. The van der Waals surface area contributed by atoms with Crippen molar-refractivity contribution in [2.45, 2.75) is 58.5 Å². The molecule has 8 heteroatoms. The van der Waals surface area contributed by atoms with Crippen LogP contribution in [-0.4, -0.2) is 14.8 Å². The second-order valence-corrected chi connectivity index (χ2v) is 8.27. The SMILES string of the molecule is Cc1nnc(N[C@H](C)c2cccc(C(F)F)c2F)c2cn(C3(C)CC3)c(=O)c(C)c12. The summed E-state index contributed by atoms with van der Waals surface area (Å²) < 4.78 is 42.5. The maximum Gasteiger partial charge on any atom is 0.266 e. The maximum atomic E-state index is 14.6. The van der Waals surface area contributed by atoms with Crippen LogP contribution in [0.15, 0.2) is 29.2 Å². The molecule has 158 valence electrons. The van der Waals surface area contributed by atoms with Gasteiger partial charge in [0.25, 0.3) is 12.0 Å². The Hall–Kier alpha value is -2.90. The van der Waals surface area contributed by atoms with Gasteiger partial charge in [-0.3, -0.25) is 4.79 Å². The molecule has 1 aromatic carbocycles. The number of aryl methyl sites for hydroxylation is 2. The van der Waals surface area contributed by atoms with E-state index in [1.165, 1.54) is 12.1 Å². The molecular formula is C22H23F3N4O. The van der Waals surface area contributed by atoms with E-state index < -0.39 is 23.8 Å². The van der Waals surface area contributed by atoms with E-state index >= 15 is 0 Å². The molecule has 2 aromatic heterocycles. The van der Waals surface area contributed by atoms with Crippen molar-refractivity contribution >= 4 is 16.6 Å². The number of halogens is 3. The van der Waals surface area contributed by atoms with E-state index in [1.807, 2.05) is 6.92 Å². The zero-order chi connectivity index (χ0) is 21.8. The summed E-state index contributed by atoms with van der Waals surface area (Å²) in [4.78, 5) is 12.9. The summed E-state index contributed by atoms with van der Waals surface area (Å²) in [6.07, 6.45) is 0.717. The number of anilines is 1. The summed E-state index contributed by atoms with van der Waals surface area (Å²) >= 11 is 0. The van der Waals surface area contributed by atoms with Crippen LogP contribution < -0.4 is 10.9 Å². The molecule has 2 heterocycles. The minimum Gasteiger partial charge on any atom is -0.361 e. The summed E-state index contributed by atoms with van der Waals surface area (Å²) in [5, 5.41) is 12.9. The third-order valence-electron chi connectivity index (χ3n) is 6.03. The molecule has 4 rings (SSSR count). The standard InChI is InChI=1S/C22H23F3N4O/c1-11-17-13(3)27-28-20(16(17)10-29(21(11)30)22(4)8-9-22)26-12(2)14-6-5-7-15(18(14)23)19(24)25/h5-7,10,12,19H,8-9H2,1-4H3,(H,26,28)/t12-/m1/s1. The monoisotopic (exact) mass is 416 g/mol. The van der Waals surface area contributed by atoms with E-state index in [-0.39, 0.29) is 16.7 Å². The molecule has 30 heavy (non-hydrogen) atoms. The fourth-order valence-corrected chi connectivity index (χ4v) is 3.90. The third kappa shape index (κ3) is 3.24. The van der Waals surface area contributed by atoms with Crippen LogP contribution in [0, 0.1) is 19.7 Å². The molecule has 1 aliphatic rings. The molecule has 3 aromatic rings. The minimum absolute atomic E-state index is 0.0618.